The van der Waals surface area contributed by atoms with Gasteiger partial charge in [-0.15, -0.1) is 24.0 Å². The second-order valence-corrected chi connectivity index (χ2v) is 8.69. The van der Waals surface area contributed by atoms with Gasteiger partial charge in [0.25, 0.3) is 0 Å². The molecule has 3 rings (SSSR count). The molecule has 1 aromatic rings. The quantitative estimate of drug-likeness (QED) is 0.339. The van der Waals surface area contributed by atoms with Gasteiger partial charge in [-0.25, -0.2) is 0 Å². The fraction of sp³-hybridized carbons (Fsp3) is 0.652. The number of benzene rings is 1. The predicted molar refractivity (Wildman–Crippen MR) is 138 cm³/mol. The third-order valence-corrected chi connectivity index (χ3v) is 6.12. The normalized spacial score (nSPS) is 18.8. The van der Waals surface area contributed by atoms with E-state index >= 15 is 0 Å². The fourth-order valence-electron chi connectivity index (χ4n) is 4.32. The largest absolute Gasteiger partial charge is 0.352 e. The third-order valence-electron chi connectivity index (χ3n) is 6.12. The maximum absolute atomic E-state index is 12.7. The zero-order chi connectivity index (χ0) is 21.5. The third kappa shape index (κ3) is 7.32. The lowest BCUT2D eigenvalue weighted by Crippen LogP contribution is -2.57. The summed E-state index contributed by atoms with van der Waals surface area (Å²) in [5.74, 6) is 1.23. The Hall–Kier alpha value is -1.39. The number of hydrogen-bond acceptors (Lipinski definition) is 4. The van der Waals surface area contributed by atoms with E-state index in [-0.39, 0.29) is 30.0 Å². The van der Waals surface area contributed by atoms with Crippen LogP contribution in [0.5, 0.6) is 0 Å². The van der Waals surface area contributed by atoms with Crippen molar-refractivity contribution in [3.05, 3.63) is 35.4 Å². The first-order valence-electron chi connectivity index (χ1n) is 11.2. The molecule has 2 aliphatic rings. The first-order chi connectivity index (χ1) is 14.5. The number of guanidine groups is 1. The Labute approximate surface area is 204 Å². The standard InChI is InChI=1S/C23H38N6O.HI/c1-19(22(30)28-11-5-6-12-28)27-13-15-29(16-14-27)23(24-2)25-17-20-7-9-21(10-8-20)18-26(3)4;/h7-10,19H,5-6,11-18H2,1-4H3,(H,24,25);1H. The van der Waals surface area contributed by atoms with E-state index < -0.39 is 0 Å². The van der Waals surface area contributed by atoms with Crippen LogP contribution in [0.2, 0.25) is 0 Å². The summed E-state index contributed by atoms with van der Waals surface area (Å²) in [7, 11) is 6.01. The fourth-order valence-corrected chi connectivity index (χ4v) is 4.32. The Kier molecular flexibility index (Phi) is 10.5. The molecule has 0 spiro atoms. The zero-order valence-corrected chi connectivity index (χ0v) is 21.8. The van der Waals surface area contributed by atoms with Gasteiger partial charge in [-0.2, -0.15) is 0 Å². The molecule has 1 unspecified atom stereocenters. The van der Waals surface area contributed by atoms with E-state index in [1.54, 1.807) is 0 Å². The molecule has 1 N–H and O–H groups in total. The van der Waals surface area contributed by atoms with Crippen molar-refractivity contribution in [1.82, 2.24) is 24.9 Å². The van der Waals surface area contributed by atoms with E-state index in [2.05, 4.69) is 70.3 Å². The summed E-state index contributed by atoms with van der Waals surface area (Å²) >= 11 is 0. The van der Waals surface area contributed by atoms with Crippen molar-refractivity contribution in [2.24, 2.45) is 4.99 Å². The second kappa shape index (κ2) is 12.6. The number of rotatable bonds is 6. The number of aliphatic imine (C=N–C) groups is 1. The first-order valence-corrected chi connectivity index (χ1v) is 11.2. The highest BCUT2D eigenvalue weighted by molar-refractivity contribution is 14.0. The summed E-state index contributed by atoms with van der Waals surface area (Å²) in [6, 6.07) is 8.72. The van der Waals surface area contributed by atoms with Gasteiger partial charge in [-0.3, -0.25) is 14.7 Å². The summed E-state index contributed by atoms with van der Waals surface area (Å²) in [5, 5.41) is 3.50. The summed E-state index contributed by atoms with van der Waals surface area (Å²) < 4.78 is 0. The Morgan fingerprint density at radius 3 is 2.13 bits per heavy atom. The lowest BCUT2D eigenvalue weighted by Gasteiger charge is -2.39. The van der Waals surface area contributed by atoms with Crippen molar-refractivity contribution in [3.63, 3.8) is 0 Å². The minimum atomic E-state index is -0.0269. The van der Waals surface area contributed by atoms with E-state index in [9.17, 15) is 4.79 Å². The molecule has 8 heteroatoms. The van der Waals surface area contributed by atoms with Gasteiger partial charge in [0.2, 0.25) is 5.91 Å². The molecule has 0 saturated carbocycles. The Morgan fingerprint density at radius 2 is 1.58 bits per heavy atom. The number of carbonyl (C=O) groups excluding carboxylic acids is 1. The molecule has 0 aromatic heterocycles. The highest BCUT2D eigenvalue weighted by atomic mass is 127. The second-order valence-electron chi connectivity index (χ2n) is 8.69. The molecular weight excluding hydrogens is 503 g/mol. The van der Waals surface area contributed by atoms with E-state index in [1.165, 1.54) is 11.1 Å². The molecule has 1 atom stereocenters. The number of carbonyl (C=O) groups is 1. The lowest BCUT2D eigenvalue weighted by atomic mass is 10.1. The average Bonchev–Trinajstić information content (AvgIpc) is 3.29. The molecule has 0 radical (unpaired) electrons. The van der Waals surface area contributed by atoms with E-state index in [0.717, 1.165) is 71.2 Å². The number of halogens is 1. The molecule has 2 fully saturated rings. The van der Waals surface area contributed by atoms with E-state index in [0.29, 0.717) is 5.91 Å². The summed E-state index contributed by atoms with van der Waals surface area (Å²) in [6.07, 6.45) is 2.29. The van der Waals surface area contributed by atoms with Gasteiger partial charge in [-0.1, -0.05) is 24.3 Å². The minimum absolute atomic E-state index is 0. The Morgan fingerprint density at radius 1 is 1.00 bits per heavy atom. The summed E-state index contributed by atoms with van der Waals surface area (Å²) in [4.78, 5) is 26.0. The minimum Gasteiger partial charge on any atom is -0.352 e. The molecule has 174 valence electrons. The molecule has 31 heavy (non-hydrogen) atoms. The van der Waals surface area contributed by atoms with Crippen molar-refractivity contribution < 1.29 is 4.79 Å². The Balaban J connectivity index is 0.00000341. The number of amides is 1. The number of piperazine rings is 1. The van der Waals surface area contributed by atoms with Gasteiger partial charge in [0, 0.05) is 59.4 Å². The average molecular weight is 543 g/mol. The van der Waals surface area contributed by atoms with Gasteiger partial charge in [0.1, 0.15) is 0 Å². The molecular formula is C23H39IN6O. The number of nitrogens with one attached hydrogen (secondary N) is 1. The SMILES string of the molecule is CN=C(NCc1ccc(CN(C)C)cc1)N1CCN(C(C)C(=O)N2CCCC2)CC1.I. The van der Waals surface area contributed by atoms with Crippen molar-refractivity contribution in [2.75, 3.05) is 60.4 Å². The van der Waals surface area contributed by atoms with Crippen LogP contribution in [0.4, 0.5) is 0 Å². The van der Waals surface area contributed by atoms with Crippen molar-refractivity contribution >= 4 is 35.8 Å². The number of nitrogens with zero attached hydrogens (tertiary/aromatic N) is 5. The van der Waals surface area contributed by atoms with Crippen LogP contribution in [-0.4, -0.2) is 97.9 Å². The van der Waals surface area contributed by atoms with Crippen molar-refractivity contribution in [3.8, 4) is 0 Å². The maximum Gasteiger partial charge on any atom is 0.239 e. The van der Waals surface area contributed by atoms with E-state index in [1.807, 2.05) is 11.9 Å². The van der Waals surface area contributed by atoms with Crippen LogP contribution in [-0.2, 0) is 17.9 Å². The molecule has 2 saturated heterocycles. The monoisotopic (exact) mass is 542 g/mol. The highest BCUT2D eigenvalue weighted by Gasteiger charge is 2.30. The number of hydrogen-bond donors (Lipinski definition) is 1. The first kappa shape index (κ1) is 25.9. The Bertz CT molecular complexity index is 709. The van der Waals surface area contributed by atoms with Crippen molar-refractivity contribution in [1.29, 1.82) is 0 Å². The van der Waals surface area contributed by atoms with Gasteiger partial charge in [0.05, 0.1) is 6.04 Å². The smallest absolute Gasteiger partial charge is 0.239 e. The van der Waals surface area contributed by atoms with Gasteiger partial charge in [-0.05, 0) is 45.0 Å². The maximum atomic E-state index is 12.7. The molecule has 2 aliphatic heterocycles. The lowest BCUT2D eigenvalue weighted by molar-refractivity contribution is -0.135. The molecule has 0 aliphatic carbocycles. The molecule has 1 aromatic carbocycles. The summed E-state index contributed by atoms with van der Waals surface area (Å²) in [6.45, 7) is 9.19. The summed E-state index contributed by atoms with van der Waals surface area (Å²) in [5.41, 5.74) is 2.57. The molecule has 1 amide bonds. The van der Waals surface area contributed by atoms with Crippen LogP contribution >= 0.6 is 24.0 Å². The van der Waals surface area contributed by atoms with Crippen LogP contribution in [0.3, 0.4) is 0 Å². The van der Waals surface area contributed by atoms with Crippen LogP contribution in [0, 0.1) is 0 Å². The number of likely N-dealkylation sites (tertiary alicyclic amines) is 1. The molecule has 7 nitrogen and oxygen atoms in total. The zero-order valence-electron chi connectivity index (χ0n) is 19.5. The van der Waals surface area contributed by atoms with Crippen LogP contribution in [0.15, 0.2) is 29.3 Å². The van der Waals surface area contributed by atoms with Crippen LogP contribution in [0.25, 0.3) is 0 Å². The predicted octanol–water partition coefficient (Wildman–Crippen LogP) is 2.07. The van der Waals surface area contributed by atoms with Gasteiger partial charge in [0.15, 0.2) is 5.96 Å². The van der Waals surface area contributed by atoms with Gasteiger partial charge < -0.3 is 20.0 Å². The topological polar surface area (TPSA) is 54.4 Å². The molecule has 2 heterocycles. The van der Waals surface area contributed by atoms with Crippen molar-refractivity contribution in [2.45, 2.75) is 38.9 Å². The molecule has 0 bridgehead atoms. The van der Waals surface area contributed by atoms with Crippen LogP contribution < -0.4 is 5.32 Å². The van der Waals surface area contributed by atoms with Gasteiger partial charge >= 0.3 is 0 Å². The van der Waals surface area contributed by atoms with Crippen LogP contribution in [0.1, 0.15) is 30.9 Å². The van der Waals surface area contributed by atoms with E-state index in [4.69, 9.17) is 0 Å². The highest BCUT2D eigenvalue weighted by Crippen LogP contribution is 2.14.